The largest absolute Gasteiger partial charge is 0.313 e. The molecule has 1 aromatic heterocycles. The molecule has 1 rings (SSSR count). The van der Waals surface area contributed by atoms with Crippen LogP contribution in [0.15, 0.2) is 5.03 Å². The molecule has 0 aliphatic rings. The van der Waals surface area contributed by atoms with E-state index in [0.29, 0.717) is 24.6 Å². The van der Waals surface area contributed by atoms with Crippen LogP contribution < -0.4 is 10.0 Å². The number of sulfonamides is 1. The summed E-state index contributed by atoms with van der Waals surface area (Å²) in [4.78, 5) is 0. The molecule has 0 aliphatic carbocycles. The molecule has 0 unspecified atom stereocenters. The highest BCUT2D eigenvalue weighted by Gasteiger charge is 2.23. The van der Waals surface area contributed by atoms with Gasteiger partial charge in [0.15, 0.2) is 5.03 Å². The van der Waals surface area contributed by atoms with E-state index in [0.717, 1.165) is 18.7 Å². The van der Waals surface area contributed by atoms with Crippen LogP contribution in [0.2, 0.25) is 0 Å². The summed E-state index contributed by atoms with van der Waals surface area (Å²) in [7, 11) is -3.53. The van der Waals surface area contributed by atoms with E-state index in [4.69, 9.17) is 0 Å². The molecule has 6 nitrogen and oxygen atoms in total. The first kappa shape index (κ1) is 16.1. The molecule has 0 bridgehead atoms. The zero-order valence-electron chi connectivity index (χ0n) is 12.1. The van der Waals surface area contributed by atoms with Crippen LogP contribution in [-0.4, -0.2) is 31.7 Å². The van der Waals surface area contributed by atoms with Crippen molar-refractivity contribution in [2.45, 2.75) is 45.7 Å². The Morgan fingerprint density at radius 3 is 2.63 bits per heavy atom. The van der Waals surface area contributed by atoms with Gasteiger partial charge in [-0.3, -0.25) is 5.10 Å². The third-order valence-corrected chi connectivity index (χ3v) is 4.29. The number of nitrogens with zero attached hydrogens (tertiary/aromatic N) is 1. The van der Waals surface area contributed by atoms with E-state index >= 15 is 0 Å². The number of aromatic nitrogens is 2. The van der Waals surface area contributed by atoms with E-state index in [1.807, 2.05) is 13.8 Å². The molecular weight excluding hydrogens is 264 g/mol. The smallest absolute Gasteiger partial charge is 0.260 e. The maximum Gasteiger partial charge on any atom is 0.260 e. The molecule has 0 atom stereocenters. The van der Waals surface area contributed by atoms with Crippen molar-refractivity contribution in [3.05, 3.63) is 11.3 Å². The lowest BCUT2D eigenvalue weighted by atomic mass is 10.1. The van der Waals surface area contributed by atoms with Gasteiger partial charge in [-0.15, -0.1) is 0 Å². The third kappa shape index (κ3) is 4.59. The minimum atomic E-state index is -3.53. The second-order valence-electron chi connectivity index (χ2n) is 4.99. The Bertz CT molecular complexity index is 494. The predicted octanol–water partition coefficient (Wildman–Crippen LogP) is 1.15. The molecule has 7 heteroatoms. The molecule has 1 aromatic rings. The van der Waals surface area contributed by atoms with Crippen LogP contribution in [0.4, 0.5) is 0 Å². The highest BCUT2D eigenvalue weighted by atomic mass is 32.2. The first-order valence-electron chi connectivity index (χ1n) is 6.62. The van der Waals surface area contributed by atoms with Gasteiger partial charge in [0.25, 0.3) is 10.0 Å². The summed E-state index contributed by atoms with van der Waals surface area (Å²) in [5.41, 5.74) is 1.49. The monoisotopic (exact) mass is 288 g/mol. The summed E-state index contributed by atoms with van der Waals surface area (Å²) < 4.78 is 27.0. The van der Waals surface area contributed by atoms with Gasteiger partial charge >= 0.3 is 0 Å². The van der Waals surface area contributed by atoms with Crippen LogP contribution in [0.5, 0.6) is 0 Å². The van der Waals surface area contributed by atoms with Crippen LogP contribution in [-0.2, 0) is 16.6 Å². The van der Waals surface area contributed by atoms with Crippen LogP contribution in [0, 0.1) is 12.8 Å². The van der Waals surface area contributed by atoms with Crippen LogP contribution in [0.25, 0.3) is 0 Å². The van der Waals surface area contributed by atoms with Gasteiger partial charge in [0.2, 0.25) is 0 Å². The van der Waals surface area contributed by atoms with E-state index in [-0.39, 0.29) is 5.03 Å². The summed E-state index contributed by atoms with van der Waals surface area (Å²) in [6, 6.07) is 0. The molecule has 1 heterocycles. The van der Waals surface area contributed by atoms with Gasteiger partial charge < -0.3 is 5.32 Å². The van der Waals surface area contributed by atoms with Crippen molar-refractivity contribution in [2.24, 2.45) is 5.92 Å². The van der Waals surface area contributed by atoms with Crippen LogP contribution in [0.1, 0.15) is 38.4 Å². The Kier molecular flexibility index (Phi) is 5.96. The average molecular weight is 288 g/mol. The van der Waals surface area contributed by atoms with Crippen molar-refractivity contribution in [1.82, 2.24) is 20.2 Å². The summed E-state index contributed by atoms with van der Waals surface area (Å²) >= 11 is 0. The van der Waals surface area contributed by atoms with E-state index in [1.165, 1.54) is 0 Å². The summed E-state index contributed by atoms with van der Waals surface area (Å²) in [5.74, 6) is 0.463. The first-order valence-corrected chi connectivity index (χ1v) is 8.11. The number of nitrogens with one attached hydrogen (secondary N) is 3. The minimum absolute atomic E-state index is 0.106. The maximum atomic E-state index is 12.2. The van der Waals surface area contributed by atoms with Crippen molar-refractivity contribution in [3.8, 4) is 0 Å². The van der Waals surface area contributed by atoms with Crippen molar-refractivity contribution in [3.63, 3.8) is 0 Å². The van der Waals surface area contributed by atoms with Gasteiger partial charge in [0, 0.05) is 24.3 Å². The number of hydrogen-bond donors (Lipinski definition) is 3. The molecule has 0 radical (unpaired) electrons. The Morgan fingerprint density at radius 1 is 1.37 bits per heavy atom. The standard InChI is InChI=1S/C12H24N4O2S/c1-5-13-8-11-10(4)15-16-12(11)19(17,18)14-7-6-9(2)3/h9,13-14H,5-8H2,1-4H3,(H,15,16). The zero-order valence-corrected chi connectivity index (χ0v) is 12.9. The van der Waals surface area contributed by atoms with Gasteiger partial charge in [-0.25, -0.2) is 13.1 Å². The predicted molar refractivity (Wildman–Crippen MR) is 75.3 cm³/mol. The number of hydrogen-bond acceptors (Lipinski definition) is 4. The third-order valence-electron chi connectivity index (χ3n) is 2.86. The highest BCUT2D eigenvalue weighted by molar-refractivity contribution is 7.89. The van der Waals surface area contributed by atoms with Gasteiger partial charge in [-0.2, -0.15) is 5.10 Å². The van der Waals surface area contributed by atoms with Gasteiger partial charge in [0.1, 0.15) is 0 Å². The Hall–Kier alpha value is -0.920. The molecule has 0 aromatic carbocycles. The number of aromatic amines is 1. The molecule has 0 saturated carbocycles. The van der Waals surface area contributed by atoms with Crippen LogP contribution in [0.3, 0.4) is 0 Å². The lowest BCUT2D eigenvalue weighted by Gasteiger charge is -2.08. The van der Waals surface area contributed by atoms with Crippen molar-refractivity contribution in [2.75, 3.05) is 13.1 Å². The second-order valence-corrected chi connectivity index (χ2v) is 6.68. The number of H-pyrrole nitrogens is 1. The molecule has 0 fully saturated rings. The van der Waals surface area contributed by atoms with E-state index in [1.54, 1.807) is 0 Å². The average Bonchev–Trinajstić information content (AvgIpc) is 2.68. The molecule has 3 N–H and O–H groups in total. The normalized spacial score (nSPS) is 12.3. The molecule has 0 saturated heterocycles. The fraction of sp³-hybridized carbons (Fsp3) is 0.750. The zero-order chi connectivity index (χ0) is 14.5. The Balaban J connectivity index is 2.82. The van der Waals surface area contributed by atoms with E-state index < -0.39 is 10.0 Å². The van der Waals surface area contributed by atoms with E-state index in [2.05, 4.69) is 34.1 Å². The van der Waals surface area contributed by atoms with Crippen molar-refractivity contribution < 1.29 is 8.42 Å². The summed E-state index contributed by atoms with van der Waals surface area (Å²) in [5, 5.41) is 9.90. The van der Waals surface area contributed by atoms with Gasteiger partial charge in [-0.05, 0) is 25.8 Å². The second kappa shape index (κ2) is 7.02. The Labute approximate surface area is 115 Å². The minimum Gasteiger partial charge on any atom is -0.313 e. The van der Waals surface area contributed by atoms with Crippen molar-refractivity contribution in [1.29, 1.82) is 0 Å². The SMILES string of the molecule is CCNCc1c(S(=O)(=O)NCCC(C)C)n[nH]c1C. The molecule has 0 aliphatic heterocycles. The molecule has 0 spiro atoms. The fourth-order valence-electron chi connectivity index (χ4n) is 1.66. The lowest BCUT2D eigenvalue weighted by molar-refractivity contribution is 0.547. The van der Waals surface area contributed by atoms with Gasteiger partial charge in [-0.1, -0.05) is 20.8 Å². The fourth-order valence-corrected chi connectivity index (χ4v) is 2.90. The quantitative estimate of drug-likeness (QED) is 0.670. The first-order chi connectivity index (χ1) is 8.88. The topological polar surface area (TPSA) is 86.9 Å². The summed E-state index contributed by atoms with van der Waals surface area (Å²) in [6.07, 6.45) is 0.811. The molecule has 110 valence electrons. The number of aryl methyl sites for hydroxylation is 1. The van der Waals surface area contributed by atoms with E-state index in [9.17, 15) is 8.42 Å². The maximum absolute atomic E-state index is 12.2. The molecular formula is C12H24N4O2S. The Morgan fingerprint density at radius 2 is 2.05 bits per heavy atom. The van der Waals surface area contributed by atoms with Crippen LogP contribution >= 0.6 is 0 Å². The van der Waals surface area contributed by atoms with Gasteiger partial charge in [0.05, 0.1) is 0 Å². The highest BCUT2D eigenvalue weighted by Crippen LogP contribution is 2.16. The van der Waals surface area contributed by atoms with Crippen molar-refractivity contribution >= 4 is 10.0 Å². The molecule has 19 heavy (non-hydrogen) atoms. The number of rotatable bonds is 8. The lowest BCUT2D eigenvalue weighted by Crippen LogP contribution is -2.27. The molecule has 0 amide bonds. The summed E-state index contributed by atoms with van der Waals surface area (Å²) in [6.45, 7) is 9.64.